The summed E-state index contributed by atoms with van der Waals surface area (Å²) in [5.41, 5.74) is 0.910. The van der Waals surface area contributed by atoms with Crippen molar-refractivity contribution in [1.82, 2.24) is 4.90 Å². The Kier molecular flexibility index (Phi) is 5.16. The lowest BCUT2D eigenvalue weighted by Gasteiger charge is -2.17. The van der Waals surface area contributed by atoms with Crippen LogP contribution in [0, 0.1) is 0 Å². The van der Waals surface area contributed by atoms with Crippen LogP contribution in [0.5, 0.6) is 11.5 Å². The van der Waals surface area contributed by atoms with Crippen molar-refractivity contribution in [2.24, 2.45) is 0 Å². The lowest BCUT2D eigenvalue weighted by atomic mass is 10.2. The smallest absolute Gasteiger partial charge is 0.145 e. The molecule has 1 aromatic rings. The minimum absolute atomic E-state index is 0.590. The first kappa shape index (κ1) is 14.3. The molecule has 1 saturated heterocycles. The van der Waals surface area contributed by atoms with E-state index in [2.05, 4.69) is 10.2 Å². The second-order valence-corrected chi connectivity index (χ2v) is 5.07. The van der Waals surface area contributed by atoms with Crippen molar-refractivity contribution in [3.63, 3.8) is 0 Å². The number of hydrogen-bond donors (Lipinski definition) is 1. The SMILES string of the molecule is COc1cc(OC)c(NCCN2CCCC2)cc1Cl. The summed E-state index contributed by atoms with van der Waals surface area (Å²) in [6.07, 6.45) is 2.63. The number of nitrogens with one attached hydrogen (secondary N) is 1. The highest BCUT2D eigenvalue weighted by Gasteiger charge is 2.12. The van der Waals surface area contributed by atoms with Crippen LogP contribution in [0.3, 0.4) is 0 Å². The summed E-state index contributed by atoms with van der Waals surface area (Å²) in [5.74, 6) is 1.38. The second-order valence-electron chi connectivity index (χ2n) is 4.66. The Labute approximate surface area is 119 Å². The highest BCUT2D eigenvalue weighted by molar-refractivity contribution is 6.32. The Morgan fingerprint density at radius 3 is 2.47 bits per heavy atom. The molecule has 0 aliphatic carbocycles. The molecule has 0 bridgehead atoms. The molecule has 1 aliphatic heterocycles. The predicted octanol–water partition coefficient (Wildman–Crippen LogP) is 2.86. The van der Waals surface area contributed by atoms with Crippen LogP contribution in [0.1, 0.15) is 12.8 Å². The number of anilines is 1. The van der Waals surface area contributed by atoms with Gasteiger partial charge in [0.15, 0.2) is 0 Å². The molecule has 0 atom stereocenters. The topological polar surface area (TPSA) is 33.7 Å². The van der Waals surface area contributed by atoms with Gasteiger partial charge in [-0.1, -0.05) is 11.6 Å². The minimum Gasteiger partial charge on any atom is -0.495 e. The molecule has 0 saturated carbocycles. The van der Waals surface area contributed by atoms with Crippen molar-refractivity contribution in [3.8, 4) is 11.5 Å². The Hall–Kier alpha value is -1.13. The van der Waals surface area contributed by atoms with Crippen LogP contribution in [0.15, 0.2) is 12.1 Å². The first-order chi connectivity index (χ1) is 9.24. The molecular formula is C14H21ClN2O2. The molecule has 0 spiro atoms. The van der Waals surface area contributed by atoms with E-state index in [1.165, 1.54) is 25.9 Å². The normalized spacial score (nSPS) is 15.5. The van der Waals surface area contributed by atoms with Crippen molar-refractivity contribution >= 4 is 17.3 Å². The van der Waals surface area contributed by atoms with E-state index in [0.717, 1.165) is 24.5 Å². The van der Waals surface area contributed by atoms with E-state index in [1.54, 1.807) is 20.3 Å². The van der Waals surface area contributed by atoms with E-state index in [9.17, 15) is 0 Å². The van der Waals surface area contributed by atoms with Gasteiger partial charge in [-0.25, -0.2) is 0 Å². The number of rotatable bonds is 6. The van der Waals surface area contributed by atoms with Gasteiger partial charge in [-0.15, -0.1) is 0 Å². The van der Waals surface area contributed by atoms with Crippen molar-refractivity contribution in [3.05, 3.63) is 17.2 Å². The Morgan fingerprint density at radius 2 is 1.84 bits per heavy atom. The first-order valence-corrected chi connectivity index (χ1v) is 7.00. The fourth-order valence-corrected chi connectivity index (χ4v) is 2.59. The van der Waals surface area contributed by atoms with Crippen LogP contribution >= 0.6 is 11.6 Å². The Bertz CT molecular complexity index is 420. The largest absolute Gasteiger partial charge is 0.495 e. The highest BCUT2D eigenvalue weighted by atomic mass is 35.5. The Balaban J connectivity index is 1.96. The molecule has 1 N–H and O–H groups in total. The average molecular weight is 285 g/mol. The third-order valence-corrected chi connectivity index (χ3v) is 3.71. The van der Waals surface area contributed by atoms with Crippen molar-refractivity contribution in [1.29, 1.82) is 0 Å². The molecule has 2 rings (SSSR count). The maximum atomic E-state index is 6.13. The number of benzene rings is 1. The van der Waals surface area contributed by atoms with E-state index in [0.29, 0.717) is 10.8 Å². The van der Waals surface area contributed by atoms with E-state index in [-0.39, 0.29) is 0 Å². The van der Waals surface area contributed by atoms with E-state index in [1.807, 2.05) is 6.07 Å². The van der Waals surface area contributed by atoms with Gasteiger partial charge in [-0.05, 0) is 32.0 Å². The van der Waals surface area contributed by atoms with E-state index < -0.39 is 0 Å². The molecule has 1 aliphatic rings. The number of ether oxygens (including phenoxy) is 2. The molecule has 19 heavy (non-hydrogen) atoms. The van der Waals surface area contributed by atoms with Gasteiger partial charge in [0, 0.05) is 19.2 Å². The zero-order valence-electron chi connectivity index (χ0n) is 11.5. The molecule has 0 unspecified atom stereocenters. The molecule has 4 nitrogen and oxygen atoms in total. The summed E-state index contributed by atoms with van der Waals surface area (Å²) in [6.45, 7) is 4.36. The standard InChI is InChI=1S/C14H21ClN2O2/c1-18-13-10-14(19-2)12(9-11(13)15)16-5-8-17-6-3-4-7-17/h9-10,16H,3-8H2,1-2H3. The summed E-state index contributed by atoms with van der Waals surface area (Å²) in [4.78, 5) is 2.46. The predicted molar refractivity (Wildman–Crippen MR) is 78.7 cm³/mol. The Morgan fingerprint density at radius 1 is 1.16 bits per heavy atom. The molecule has 1 heterocycles. The van der Waals surface area contributed by atoms with Crippen LogP contribution in [-0.2, 0) is 0 Å². The van der Waals surface area contributed by atoms with Gasteiger partial charge in [0.05, 0.1) is 24.9 Å². The summed E-state index contributed by atoms with van der Waals surface area (Å²) in [5, 5.41) is 3.97. The van der Waals surface area contributed by atoms with Crippen LogP contribution < -0.4 is 14.8 Å². The van der Waals surface area contributed by atoms with Crippen molar-refractivity contribution in [2.45, 2.75) is 12.8 Å². The zero-order valence-corrected chi connectivity index (χ0v) is 12.3. The van der Waals surface area contributed by atoms with Gasteiger partial charge in [0.25, 0.3) is 0 Å². The monoisotopic (exact) mass is 284 g/mol. The van der Waals surface area contributed by atoms with Crippen molar-refractivity contribution < 1.29 is 9.47 Å². The number of methoxy groups -OCH3 is 2. The number of hydrogen-bond acceptors (Lipinski definition) is 4. The average Bonchev–Trinajstić information content (AvgIpc) is 2.92. The van der Waals surface area contributed by atoms with Crippen LogP contribution in [0.25, 0.3) is 0 Å². The number of likely N-dealkylation sites (tertiary alicyclic amines) is 1. The van der Waals surface area contributed by atoms with Gasteiger partial charge < -0.3 is 19.7 Å². The summed E-state index contributed by atoms with van der Waals surface area (Å²) >= 11 is 6.13. The molecule has 1 fully saturated rings. The van der Waals surface area contributed by atoms with Gasteiger partial charge in [-0.3, -0.25) is 0 Å². The van der Waals surface area contributed by atoms with Crippen LogP contribution in [0.2, 0.25) is 5.02 Å². The van der Waals surface area contributed by atoms with Gasteiger partial charge >= 0.3 is 0 Å². The van der Waals surface area contributed by atoms with Crippen LogP contribution in [0.4, 0.5) is 5.69 Å². The van der Waals surface area contributed by atoms with Gasteiger partial charge in [0.2, 0.25) is 0 Å². The van der Waals surface area contributed by atoms with Gasteiger partial charge in [0.1, 0.15) is 11.5 Å². The molecule has 0 amide bonds. The summed E-state index contributed by atoms with van der Waals surface area (Å²) in [6, 6.07) is 3.66. The van der Waals surface area contributed by atoms with E-state index in [4.69, 9.17) is 21.1 Å². The third kappa shape index (κ3) is 3.67. The third-order valence-electron chi connectivity index (χ3n) is 3.42. The number of nitrogens with zero attached hydrogens (tertiary/aromatic N) is 1. The minimum atomic E-state index is 0.590. The lowest BCUT2D eigenvalue weighted by Crippen LogP contribution is -2.26. The summed E-state index contributed by atoms with van der Waals surface area (Å²) < 4.78 is 10.5. The first-order valence-electron chi connectivity index (χ1n) is 6.62. The molecule has 106 valence electrons. The molecule has 5 heteroatoms. The van der Waals surface area contributed by atoms with Crippen molar-refractivity contribution in [2.75, 3.05) is 45.7 Å². The molecule has 0 radical (unpaired) electrons. The quantitative estimate of drug-likeness (QED) is 0.871. The van der Waals surface area contributed by atoms with Gasteiger partial charge in [-0.2, -0.15) is 0 Å². The molecule has 1 aromatic carbocycles. The second kappa shape index (κ2) is 6.87. The van der Waals surface area contributed by atoms with E-state index >= 15 is 0 Å². The fourth-order valence-electron chi connectivity index (χ4n) is 2.35. The maximum absolute atomic E-state index is 6.13. The molecule has 0 aromatic heterocycles. The zero-order chi connectivity index (χ0) is 13.7. The fraction of sp³-hybridized carbons (Fsp3) is 0.571. The van der Waals surface area contributed by atoms with Crippen LogP contribution in [-0.4, -0.2) is 45.3 Å². The highest BCUT2D eigenvalue weighted by Crippen LogP contribution is 2.35. The number of halogens is 1. The summed E-state index contributed by atoms with van der Waals surface area (Å²) in [7, 11) is 3.25. The maximum Gasteiger partial charge on any atom is 0.145 e. The molecular weight excluding hydrogens is 264 g/mol. The lowest BCUT2D eigenvalue weighted by molar-refractivity contribution is 0.352.